The minimum Gasteiger partial charge on any atom is -0.376 e. The fraction of sp³-hybridized carbons (Fsp3) is 0.176. The Hall–Kier alpha value is -2.04. The Morgan fingerprint density at radius 3 is 2.17 bits per heavy atom. The molecule has 0 aromatic heterocycles. The number of hydrogen-bond donors (Lipinski definition) is 0. The lowest BCUT2D eigenvalue weighted by molar-refractivity contribution is 0.108. The highest BCUT2D eigenvalue weighted by atomic mass is 16.5. The van der Waals surface area contributed by atoms with E-state index in [1.54, 1.807) is 7.11 Å². The molecule has 2 aromatic carbocycles. The van der Waals surface area contributed by atoms with Crippen LogP contribution in [0.1, 0.15) is 23.7 Å². The second kappa shape index (κ2) is 6.64. The Labute approximate surface area is 108 Å². The SMILES string of the molecule is CO[C@@H](CC#Cc1ccccc1)c1ccccc1. The smallest absolute Gasteiger partial charge is 0.0930 e. The normalized spacial score (nSPS) is 11.4. The zero-order valence-electron chi connectivity index (χ0n) is 10.5. The molecule has 90 valence electrons. The first kappa shape index (κ1) is 12.4. The molecule has 0 aliphatic heterocycles. The monoisotopic (exact) mass is 236 g/mol. The fourth-order valence-corrected chi connectivity index (χ4v) is 1.77. The van der Waals surface area contributed by atoms with Crippen molar-refractivity contribution in [1.82, 2.24) is 0 Å². The van der Waals surface area contributed by atoms with Gasteiger partial charge in [-0.1, -0.05) is 60.4 Å². The van der Waals surface area contributed by atoms with Gasteiger partial charge >= 0.3 is 0 Å². The summed E-state index contributed by atoms with van der Waals surface area (Å²) in [6, 6.07) is 20.2. The van der Waals surface area contributed by atoms with Crippen LogP contribution in [0, 0.1) is 11.8 Å². The summed E-state index contributed by atoms with van der Waals surface area (Å²) < 4.78 is 5.47. The number of ether oxygens (including phenoxy) is 1. The fourth-order valence-electron chi connectivity index (χ4n) is 1.77. The van der Waals surface area contributed by atoms with E-state index in [0.717, 1.165) is 5.56 Å². The molecule has 0 unspecified atom stereocenters. The lowest BCUT2D eigenvalue weighted by Crippen LogP contribution is -1.99. The van der Waals surface area contributed by atoms with E-state index in [4.69, 9.17) is 4.74 Å². The second-order valence-electron chi connectivity index (χ2n) is 4.01. The summed E-state index contributed by atoms with van der Waals surface area (Å²) in [7, 11) is 1.72. The van der Waals surface area contributed by atoms with E-state index in [9.17, 15) is 0 Å². The van der Waals surface area contributed by atoms with Gasteiger partial charge in [-0.3, -0.25) is 0 Å². The molecule has 0 spiro atoms. The summed E-state index contributed by atoms with van der Waals surface area (Å²) in [5.74, 6) is 6.33. The zero-order valence-corrected chi connectivity index (χ0v) is 10.5. The minimum absolute atomic E-state index is 0.0439. The third kappa shape index (κ3) is 3.48. The summed E-state index contributed by atoms with van der Waals surface area (Å²) in [6.07, 6.45) is 0.748. The molecule has 0 aliphatic rings. The van der Waals surface area contributed by atoms with Gasteiger partial charge in [-0.25, -0.2) is 0 Å². The largest absolute Gasteiger partial charge is 0.376 e. The summed E-state index contributed by atoms with van der Waals surface area (Å²) in [6.45, 7) is 0. The quantitative estimate of drug-likeness (QED) is 0.736. The Morgan fingerprint density at radius 2 is 1.56 bits per heavy atom. The predicted molar refractivity (Wildman–Crippen MR) is 74.1 cm³/mol. The van der Waals surface area contributed by atoms with Crippen molar-refractivity contribution >= 4 is 0 Å². The highest BCUT2D eigenvalue weighted by Gasteiger charge is 2.07. The standard InChI is InChI=1S/C17H16O/c1-18-17(16-12-6-3-7-13-16)14-8-11-15-9-4-2-5-10-15/h2-7,9-10,12-13,17H,14H2,1H3/t17-/m0/s1. The first-order chi connectivity index (χ1) is 8.90. The molecule has 2 aromatic rings. The lowest BCUT2D eigenvalue weighted by Gasteiger charge is -2.11. The zero-order chi connectivity index (χ0) is 12.6. The number of rotatable bonds is 3. The number of benzene rings is 2. The third-order valence-corrected chi connectivity index (χ3v) is 2.75. The van der Waals surface area contributed by atoms with E-state index >= 15 is 0 Å². The maximum Gasteiger partial charge on any atom is 0.0930 e. The Balaban J connectivity index is 2.03. The van der Waals surface area contributed by atoms with Crippen molar-refractivity contribution < 1.29 is 4.74 Å². The highest BCUT2D eigenvalue weighted by Crippen LogP contribution is 2.19. The molecule has 0 radical (unpaired) electrons. The van der Waals surface area contributed by atoms with Crippen LogP contribution in [0.25, 0.3) is 0 Å². The van der Waals surface area contributed by atoms with Crippen molar-refractivity contribution in [1.29, 1.82) is 0 Å². The molecule has 2 rings (SSSR count). The van der Waals surface area contributed by atoms with Crippen LogP contribution in [0.4, 0.5) is 0 Å². The summed E-state index contributed by atoms with van der Waals surface area (Å²) >= 11 is 0. The van der Waals surface area contributed by atoms with Crippen molar-refractivity contribution in [2.24, 2.45) is 0 Å². The van der Waals surface area contributed by atoms with Gasteiger partial charge in [-0.15, -0.1) is 0 Å². The predicted octanol–water partition coefficient (Wildman–Crippen LogP) is 3.82. The average molecular weight is 236 g/mol. The van der Waals surface area contributed by atoms with E-state index in [1.807, 2.05) is 48.5 Å². The van der Waals surface area contributed by atoms with Crippen molar-refractivity contribution in [3.05, 3.63) is 71.8 Å². The third-order valence-electron chi connectivity index (χ3n) is 2.75. The van der Waals surface area contributed by atoms with Crippen LogP contribution < -0.4 is 0 Å². The molecule has 0 heterocycles. The van der Waals surface area contributed by atoms with Gasteiger partial charge in [0.05, 0.1) is 6.10 Å². The van der Waals surface area contributed by atoms with Crippen LogP contribution in [0.5, 0.6) is 0 Å². The van der Waals surface area contributed by atoms with E-state index in [0.29, 0.717) is 6.42 Å². The molecule has 0 saturated carbocycles. The average Bonchev–Trinajstić information content (AvgIpc) is 2.46. The van der Waals surface area contributed by atoms with Crippen LogP contribution in [0.2, 0.25) is 0 Å². The summed E-state index contributed by atoms with van der Waals surface area (Å²) in [5, 5.41) is 0. The minimum atomic E-state index is 0.0439. The second-order valence-corrected chi connectivity index (χ2v) is 4.01. The van der Waals surface area contributed by atoms with Gasteiger partial charge in [0.1, 0.15) is 0 Å². The van der Waals surface area contributed by atoms with Gasteiger partial charge in [-0.2, -0.15) is 0 Å². The molecule has 0 amide bonds. The topological polar surface area (TPSA) is 9.23 Å². The first-order valence-electron chi connectivity index (χ1n) is 6.02. The Morgan fingerprint density at radius 1 is 0.944 bits per heavy atom. The van der Waals surface area contributed by atoms with Crippen LogP contribution in [-0.2, 0) is 4.74 Å². The maximum absolute atomic E-state index is 5.47. The Bertz CT molecular complexity index is 520. The van der Waals surface area contributed by atoms with Gasteiger partial charge in [0.15, 0.2) is 0 Å². The molecule has 0 saturated heterocycles. The van der Waals surface area contributed by atoms with E-state index < -0.39 is 0 Å². The van der Waals surface area contributed by atoms with E-state index in [1.165, 1.54) is 5.56 Å². The first-order valence-corrected chi connectivity index (χ1v) is 6.02. The lowest BCUT2D eigenvalue weighted by atomic mass is 10.1. The molecule has 1 nitrogen and oxygen atoms in total. The molecule has 18 heavy (non-hydrogen) atoms. The van der Waals surface area contributed by atoms with Gasteiger partial charge in [-0.05, 0) is 17.7 Å². The Kier molecular flexibility index (Phi) is 4.58. The summed E-state index contributed by atoms with van der Waals surface area (Å²) in [5.41, 5.74) is 2.21. The van der Waals surface area contributed by atoms with Crippen molar-refractivity contribution in [3.8, 4) is 11.8 Å². The van der Waals surface area contributed by atoms with Crippen LogP contribution in [0.3, 0.4) is 0 Å². The van der Waals surface area contributed by atoms with Crippen LogP contribution in [-0.4, -0.2) is 7.11 Å². The molecule has 0 N–H and O–H groups in total. The molecule has 0 fully saturated rings. The highest BCUT2D eigenvalue weighted by molar-refractivity contribution is 5.34. The van der Waals surface area contributed by atoms with Crippen LogP contribution in [0.15, 0.2) is 60.7 Å². The number of methoxy groups -OCH3 is 1. The molecule has 0 aliphatic carbocycles. The van der Waals surface area contributed by atoms with Crippen molar-refractivity contribution in [2.75, 3.05) is 7.11 Å². The maximum atomic E-state index is 5.47. The molecular weight excluding hydrogens is 220 g/mol. The van der Waals surface area contributed by atoms with Crippen molar-refractivity contribution in [2.45, 2.75) is 12.5 Å². The molecule has 0 bridgehead atoms. The molecular formula is C17H16O. The van der Waals surface area contributed by atoms with E-state index in [2.05, 4.69) is 24.0 Å². The van der Waals surface area contributed by atoms with Gasteiger partial charge in [0.2, 0.25) is 0 Å². The van der Waals surface area contributed by atoms with Crippen LogP contribution >= 0.6 is 0 Å². The summed E-state index contributed by atoms with van der Waals surface area (Å²) in [4.78, 5) is 0. The number of hydrogen-bond acceptors (Lipinski definition) is 1. The van der Waals surface area contributed by atoms with Gasteiger partial charge < -0.3 is 4.74 Å². The molecule has 1 atom stereocenters. The van der Waals surface area contributed by atoms with Gasteiger partial charge in [0, 0.05) is 19.1 Å². The van der Waals surface area contributed by atoms with Gasteiger partial charge in [0.25, 0.3) is 0 Å². The molecule has 1 heteroatoms. The van der Waals surface area contributed by atoms with Crippen molar-refractivity contribution in [3.63, 3.8) is 0 Å². The van der Waals surface area contributed by atoms with E-state index in [-0.39, 0.29) is 6.10 Å².